The zero-order chi connectivity index (χ0) is 15.3. The molecule has 9 heteroatoms. The van der Waals surface area contributed by atoms with Crippen LogP contribution in [0.3, 0.4) is 0 Å². The molecule has 0 unspecified atom stereocenters. The van der Waals surface area contributed by atoms with Crippen molar-refractivity contribution in [3.8, 4) is 0 Å². The van der Waals surface area contributed by atoms with Crippen LogP contribution in [0.4, 0.5) is 0 Å². The Hall–Kier alpha value is 0.610. The quantitative estimate of drug-likeness (QED) is 0.496. The van der Waals surface area contributed by atoms with E-state index in [1.165, 1.54) is 0 Å². The Morgan fingerprint density at radius 3 is 1.48 bits per heavy atom. The van der Waals surface area contributed by atoms with Gasteiger partial charge in [-0.2, -0.15) is 0 Å². The molecule has 2 rings (SSSR count). The summed E-state index contributed by atoms with van der Waals surface area (Å²) in [6, 6.07) is 0. The zero-order valence-corrected chi connectivity index (χ0v) is 17.3. The molecule has 0 aromatic carbocycles. The van der Waals surface area contributed by atoms with E-state index < -0.39 is 13.8 Å². The molecule has 0 bridgehead atoms. The molecular weight excluding hydrogens is 524 g/mol. The van der Waals surface area contributed by atoms with E-state index in [1.54, 1.807) is 0 Å². The van der Waals surface area contributed by atoms with Gasteiger partial charge in [0.2, 0.25) is 0 Å². The van der Waals surface area contributed by atoms with Gasteiger partial charge in [0.15, 0.2) is 0 Å². The van der Waals surface area contributed by atoms with Crippen LogP contribution in [-0.4, -0.2) is 88.0 Å². The number of carbonyl (C=O) groups excluding carboxylic acids is 2. The molecule has 0 saturated carbocycles. The Morgan fingerprint density at radius 2 is 1.14 bits per heavy atom. The molecule has 0 spiro atoms. The molecular formula is C12H20Br2N2O4Te. The molecule has 0 N–H and O–H groups in total. The van der Waals surface area contributed by atoms with E-state index in [4.69, 9.17) is 9.47 Å². The van der Waals surface area contributed by atoms with Gasteiger partial charge in [0, 0.05) is 0 Å². The minimum atomic E-state index is -2.81. The average Bonchev–Trinajstić information content (AvgIpc) is 2.48. The number of halogens is 2. The molecule has 2 aliphatic rings. The van der Waals surface area contributed by atoms with Gasteiger partial charge < -0.3 is 0 Å². The molecule has 21 heavy (non-hydrogen) atoms. The molecule has 0 aromatic rings. The van der Waals surface area contributed by atoms with E-state index in [1.807, 2.05) is 9.80 Å². The molecule has 122 valence electrons. The second-order valence-electron chi connectivity index (χ2n) is 4.97. The summed E-state index contributed by atoms with van der Waals surface area (Å²) >= 11 is 4.53. The third kappa shape index (κ3) is 5.96. The number of nitrogens with zero attached hydrogens (tertiary/aromatic N) is 2. The van der Waals surface area contributed by atoms with Crippen molar-refractivity contribution in [2.75, 3.05) is 52.6 Å². The summed E-state index contributed by atoms with van der Waals surface area (Å²) in [5, 5.41) is 0. The third-order valence-electron chi connectivity index (χ3n) is 3.40. The summed E-state index contributed by atoms with van der Waals surface area (Å²) in [4.78, 5) is 28.2. The third-order valence-corrected chi connectivity index (χ3v) is 13.4. The normalized spacial score (nSPS) is 21.2. The Kier molecular flexibility index (Phi) is 7.23. The number of rotatable bonds is 4. The van der Waals surface area contributed by atoms with Crippen molar-refractivity contribution in [1.29, 1.82) is 0 Å². The number of ether oxygens (including phenoxy) is 2. The van der Waals surface area contributed by atoms with Gasteiger partial charge in [-0.05, 0) is 0 Å². The summed E-state index contributed by atoms with van der Waals surface area (Å²) < 4.78 is 11.4. The van der Waals surface area contributed by atoms with Crippen molar-refractivity contribution in [2.45, 2.75) is 8.94 Å². The van der Waals surface area contributed by atoms with Gasteiger partial charge in [0.1, 0.15) is 0 Å². The van der Waals surface area contributed by atoms with E-state index in [0.29, 0.717) is 61.5 Å². The number of hydrogen-bond acceptors (Lipinski definition) is 4. The topological polar surface area (TPSA) is 59.1 Å². The van der Waals surface area contributed by atoms with Gasteiger partial charge in [-0.3, -0.25) is 0 Å². The van der Waals surface area contributed by atoms with Gasteiger partial charge >= 0.3 is 141 Å². The predicted octanol–water partition coefficient (Wildman–Crippen LogP) is 0.936. The zero-order valence-electron chi connectivity index (χ0n) is 11.8. The fraction of sp³-hybridized carbons (Fsp3) is 0.833. The number of hydrogen-bond donors (Lipinski definition) is 0. The van der Waals surface area contributed by atoms with Gasteiger partial charge in [0.05, 0.1) is 0 Å². The van der Waals surface area contributed by atoms with Crippen molar-refractivity contribution < 1.29 is 19.1 Å². The van der Waals surface area contributed by atoms with Gasteiger partial charge in [0.25, 0.3) is 0 Å². The van der Waals surface area contributed by atoms with Crippen LogP contribution in [0.15, 0.2) is 0 Å². The van der Waals surface area contributed by atoms with Crippen LogP contribution < -0.4 is 0 Å². The number of amides is 2. The number of morpholine rings is 2. The molecule has 0 radical (unpaired) electrons. The molecule has 2 aliphatic heterocycles. The second kappa shape index (κ2) is 8.46. The maximum atomic E-state index is 12.3. The van der Waals surface area contributed by atoms with Gasteiger partial charge in [-0.1, -0.05) is 0 Å². The molecule has 6 nitrogen and oxygen atoms in total. The summed E-state index contributed by atoms with van der Waals surface area (Å²) in [6.45, 7) is 4.99. The molecule has 2 heterocycles. The Balaban J connectivity index is 1.82. The second-order valence-corrected chi connectivity index (χ2v) is 33.1. The van der Waals surface area contributed by atoms with Crippen LogP contribution in [0.1, 0.15) is 0 Å². The first-order valence-corrected chi connectivity index (χ1v) is 20.6. The van der Waals surface area contributed by atoms with E-state index >= 15 is 0 Å². The summed E-state index contributed by atoms with van der Waals surface area (Å²) in [5.74, 6) is 0.228. The van der Waals surface area contributed by atoms with E-state index in [-0.39, 0.29) is 11.8 Å². The molecule has 2 amide bonds. The van der Waals surface area contributed by atoms with Crippen LogP contribution in [-0.2, 0) is 19.1 Å². The fourth-order valence-electron chi connectivity index (χ4n) is 2.22. The van der Waals surface area contributed by atoms with Crippen LogP contribution in [0.25, 0.3) is 0 Å². The molecule has 2 saturated heterocycles. The van der Waals surface area contributed by atoms with Crippen molar-refractivity contribution in [2.24, 2.45) is 0 Å². The average molecular weight is 544 g/mol. The van der Waals surface area contributed by atoms with Crippen molar-refractivity contribution in [3.05, 3.63) is 0 Å². The van der Waals surface area contributed by atoms with Crippen LogP contribution in [0.2, 0.25) is 8.94 Å². The maximum absolute atomic E-state index is 12.3. The van der Waals surface area contributed by atoms with Gasteiger partial charge in [-0.15, -0.1) is 0 Å². The first kappa shape index (κ1) is 18.0. The van der Waals surface area contributed by atoms with Crippen LogP contribution in [0, 0.1) is 0 Å². The van der Waals surface area contributed by atoms with Crippen LogP contribution in [0.5, 0.6) is 0 Å². The summed E-state index contributed by atoms with van der Waals surface area (Å²) in [5.41, 5.74) is 0. The SMILES string of the molecule is O=C(C[Te](Br)(Br)CC(=O)N1CCOCC1)N1CCOCC1. The van der Waals surface area contributed by atoms with Crippen molar-refractivity contribution >= 4 is 51.1 Å². The Labute approximate surface area is 140 Å². The predicted molar refractivity (Wildman–Crippen MR) is 88.0 cm³/mol. The fourth-order valence-corrected chi connectivity index (χ4v) is 10.9. The summed E-state index contributed by atoms with van der Waals surface area (Å²) in [7, 11) is 0. The number of carbonyl (C=O) groups is 2. The van der Waals surface area contributed by atoms with E-state index in [2.05, 4.69) is 25.5 Å². The van der Waals surface area contributed by atoms with Gasteiger partial charge in [-0.25, -0.2) is 0 Å². The molecule has 0 aliphatic carbocycles. The minimum absolute atomic E-state index is 0.114. The Morgan fingerprint density at radius 1 is 0.810 bits per heavy atom. The van der Waals surface area contributed by atoms with Crippen LogP contribution >= 0.6 is 25.5 Å². The first-order valence-electron chi connectivity index (χ1n) is 6.87. The monoisotopic (exact) mass is 544 g/mol. The molecule has 0 aromatic heterocycles. The van der Waals surface area contributed by atoms with E-state index in [9.17, 15) is 9.59 Å². The van der Waals surface area contributed by atoms with E-state index in [0.717, 1.165) is 0 Å². The van der Waals surface area contributed by atoms with Crippen molar-refractivity contribution in [3.63, 3.8) is 0 Å². The summed E-state index contributed by atoms with van der Waals surface area (Å²) in [6.07, 6.45) is 0. The standard InChI is InChI=1S/C12H20Br2N2O4Te/c13-21(14,9-11(17)15-1-5-19-6-2-15)10-12(18)16-3-7-20-8-4-16/h1-10H2. The Bertz CT molecular complexity index is 351. The first-order chi connectivity index (χ1) is 9.98. The molecule has 0 atom stereocenters. The molecule has 2 fully saturated rings. The van der Waals surface area contributed by atoms with Crippen molar-refractivity contribution in [1.82, 2.24) is 9.80 Å².